The number of piperidine rings is 1. The van der Waals surface area contributed by atoms with E-state index in [1.165, 1.54) is 0 Å². The van der Waals surface area contributed by atoms with Crippen molar-refractivity contribution >= 4 is 17.9 Å². The molecule has 1 aliphatic heterocycles. The lowest BCUT2D eigenvalue weighted by atomic mass is 9.92. The van der Waals surface area contributed by atoms with Crippen LogP contribution in [-0.4, -0.2) is 84.4 Å². The van der Waals surface area contributed by atoms with E-state index in [1.54, 1.807) is 60.3 Å². The highest BCUT2D eigenvalue weighted by atomic mass is 19.4. The Kier molecular flexibility index (Phi) is 13.5. The van der Waals surface area contributed by atoms with Crippen molar-refractivity contribution in [1.29, 1.82) is 0 Å². The van der Waals surface area contributed by atoms with Crippen LogP contribution >= 0.6 is 0 Å². The molecule has 0 aliphatic carbocycles. The molecule has 1 unspecified atom stereocenters. The van der Waals surface area contributed by atoms with Crippen LogP contribution in [0.1, 0.15) is 68.2 Å². The average Bonchev–Trinajstić information content (AvgIpc) is 2.78. The molecule has 5 atom stereocenters. The van der Waals surface area contributed by atoms with Crippen LogP contribution < -0.4 is 0 Å². The van der Waals surface area contributed by atoms with Gasteiger partial charge in [-0.05, 0) is 13.0 Å². The Morgan fingerprint density at radius 3 is 1.82 bits per heavy atom. The predicted octanol–water partition coefficient (Wildman–Crippen LogP) is 3.71. The predicted molar refractivity (Wildman–Crippen MR) is 132 cm³/mol. The first-order valence-electron chi connectivity index (χ1n) is 13.2. The molecule has 222 valence electrons. The molecule has 0 spiro atoms. The fourth-order valence-electron chi connectivity index (χ4n) is 3.67. The molecule has 0 bridgehead atoms. The first kappa shape index (κ1) is 34.1. The molecule has 1 saturated heterocycles. The summed E-state index contributed by atoms with van der Waals surface area (Å²) in [4.78, 5) is 39.2. The van der Waals surface area contributed by atoms with Crippen molar-refractivity contribution in [3.8, 4) is 0 Å². The van der Waals surface area contributed by atoms with E-state index < -0.39 is 78.9 Å². The van der Waals surface area contributed by atoms with Gasteiger partial charge in [0.2, 0.25) is 0 Å². The first-order valence-corrected chi connectivity index (χ1v) is 13.2. The van der Waals surface area contributed by atoms with Gasteiger partial charge in [0.05, 0.1) is 23.8 Å². The zero-order valence-corrected chi connectivity index (χ0v) is 23.6. The van der Waals surface area contributed by atoms with Crippen molar-refractivity contribution in [2.24, 2.45) is 23.7 Å². The Morgan fingerprint density at radius 1 is 0.868 bits per heavy atom. The summed E-state index contributed by atoms with van der Waals surface area (Å²) in [6, 6.07) is -0.922. The van der Waals surface area contributed by atoms with Gasteiger partial charge in [-0.25, -0.2) is 0 Å². The van der Waals surface area contributed by atoms with Crippen LogP contribution in [0, 0.1) is 23.7 Å². The van der Waals surface area contributed by atoms with Gasteiger partial charge in [-0.2, -0.15) is 13.2 Å². The maximum absolute atomic E-state index is 12.9. The number of nitrogens with zero attached hydrogens (tertiary/aromatic N) is 1. The van der Waals surface area contributed by atoms with Gasteiger partial charge in [0.15, 0.2) is 18.5 Å². The number of ether oxygens (including phenoxy) is 4. The summed E-state index contributed by atoms with van der Waals surface area (Å²) < 4.78 is 61.5. The number of esters is 3. The van der Waals surface area contributed by atoms with E-state index in [4.69, 9.17) is 18.9 Å². The summed E-state index contributed by atoms with van der Waals surface area (Å²) in [6.07, 6.45) is -10.5. The molecule has 1 heterocycles. The molecule has 0 amide bonds. The third-order valence-corrected chi connectivity index (χ3v) is 6.06. The number of alkyl halides is 3. The average molecular weight is 556 g/mol. The van der Waals surface area contributed by atoms with Gasteiger partial charge in [-0.3, -0.25) is 19.3 Å². The summed E-state index contributed by atoms with van der Waals surface area (Å²) in [6.45, 7) is 12.6. The van der Waals surface area contributed by atoms with E-state index in [-0.39, 0.29) is 32.0 Å². The molecule has 1 fully saturated rings. The molecular formula is C26H44F3NO8. The number of likely N-dealkylation sites (tertiary alicyclic amines) is 1. The van der Waals surface area contributed by atoms with E-state index in [1.807, 2.05) is 0 Å². The maximum Gasteiger partial charge on any atom is 0.389 e. The Balaban J connectivity index is 3.51. The third-order valence-electron chi connectivity index (χ3n) is 6.06. The Morgan fingerprint density at radius 2 is 1.37 bits per heavy atom. The quantitative estimate of drug-likeness (QED) is 0.207. The van der Waals surface area contributed by atoms with Gasteiger partial charge in [0.1, 0.15) is 12.7 Å². The van der Waals surface area contributed by atoms with Crippen LogP contribution in [0.4, 0.5) is 13.2 Å². The van der Waals surface area contributed by atoms with Crippen LogP contribution in [0.15, 0.2) is 0 Å². The zero-order chi connectivity index (χ0) is 29.4. The van der Waals surface area contributed by atoms with Gasteiger partial charge in [0, 0.05) is 18.9 Å². The van der Waals surface area contributed by atoms with E-state index in [2.05, 4.69) is 0 Å². The summed E-state index contributed by atoms with van der Waals surface area (Å²) in [7, 11) is 0. The molecule has 0 aromatic rings. The second kappa shape index (κ2) is 15.0. The number of hydrogen-bond donors (Lipinski definition) is 1. The summed E-state index contributed by atoms with van der Waals surface area (Å²) in [5.41, 5.74) is 0. The molecule has 0 radical (unpaired) electrons. The molecule has 0 aromatic heterocycles. The number of carbonyl (C=O) groups excluding carboxylic acids is 3. The van der Waals surface area contributed by atoms with E-state index >= 15 is 0 Å². The number of aliphatic hydroxyl groups excluding tert-OH is 1. The van der Waals surface area contributed by atoms with E-state index in [9.17, 15) is 32.7 Å². The second-order valence-electron chi connectivity index (χ2n) is 11.0. The van der Waals surface area contributed by atoms with Crippen molar-refractivity contribution in [1.82, 2.24) is 4.90 Å². The number of halogens is 3. The smallest absolute Gasteiger partial charge is 0.389 e. The molecule has 12 heteroatoms. The van der Waals surface area contributed by atoms with Crippen molar-refractivity contribution in [2.45, 2.75) is 105 Å². The lowest BCUT2D eigenvalue weighted by molar-refractivity contribution is -0.243. The van der Waals surface area contributed by atoms with Crippen LogP contribution in [0.3, 0.4) is 0 Å². The molecule has 0 aromatic carbocycles. The second-order valence-corrected chi connectivity index (χ2v) is 11.0. The standard InChI is InChI=1S/C26H44F3NO8/c1-14(2)22(31)35-13-18-20(37-24(33)16(5)6)21(38-25(34)17(7)8)19(36-23(32)15(3)4)12-30(18)11-9-10-26(27,28)29/h14-21,23,32H,9-13H2,1-8H3/t18-,19+,20-,21-,23?/m1/s1. The molecular weight excluding hydrogens is 511 g/mol. The van der Waals surface area contributed by atoms with Gasteiger partial charge in [-0.1, -0.05) is 55.4 Å². The molecule has 0 saturated carbocycles. The van der Waals surface area contributed by atoms with Crippen LogP contribution in [-0.2, 0) is 33.3 Å². The third kappa shape index (κ3) is 11.1. The van der Waals surface area contributed by atoms with Crippen molar-refractivity contribution in [3.63, 3.8) is 0 Å². The number of carbonyl (C=O) groups is 3. The topological polar surface area (TPSA) is 112 Å². The Bertz CT molecular complexity index is 772. The summed E-state index contributed by atoms with van der Waals surface area (Å²) in [5.74, 6) is -3.74. The van der Waals surface area contributed by atoms with Crippen molar-refractivity contribution < 1.29 is 51.6 Å². The SMILES string of the molecule is CC(C)C(=O)OC[C@@H]1[C@@H](OC(=O)C(C)C)[C@H](OC(=O)C(C)C)[C@@H](OC(O)C(C)C)CN1CCCC(F)(F)F. The van der Waals surface area contributed by atoms with Crippen LogP contribution in [0.25, 0.3) is 0 Å². The van der Waals surface area contributed by atoms with Gasteiger partial charge in [-0.15, -0.1) is 0 Å². The largest absolute Gasteiger partial charge is 0.464 e. The van der Waals surface area contributed by atoms with E-state index in [0.717, 1.165) is 0 Å². The Labute approximate surface area is 223 Å². The monoisotopic (exact) mass is 555 g/mol. The fraction of sp³-hybridized carbons (Fsp3) is 0.885. The minimum Gasteiger partial charge on any atom is -0.464 e. The maximum atomic E-state index is 12.9. The van der Waals surface area contributed by atoms with Gasteiger partial charge in [0.25, 0.3) is 0 Å². The lowest BCUT2D eigenvalue weighted by Crippen LogP contribution is -2.66. The first-order chi connectivity index (χ1) is 17.4. The van der Waals surface area contributed by atoms with E-state index in [0.29, 0.717) is 0 Å². The highest BCUT2D eigenvalue weighted by Gasteiger charge is 2.50. The van der Waals surface area contributed by atoms with Crippen LogP contribution in [0.5, 0.6) is 0 Å². The van der Waals surface area contributed by atoms with Crippen molar-refractivity contribution in [2.75, 3.05) is 19.7 Å². The Hall–Kier alpha value is -1.92. The fourth-order valence-corrected chi connectivity index (χ4v) is 3.67. The molecule has 1 N–H and O–H groups in total. The van der Waals surface area contributed by atoms with Crippen LogP contribution in [0.2, 0.25) is 0 Å². The van der Waals surface area contributed by atoms with Gasteiger partial charge < -0.3 is 24.1 Å². The van der Waals surface area contributed by atoms with Gasteiger partial charge >= 0.3 is 24.1 Å². The lowest BCUT2D eigenvalue weighted by Gasteiger charge is -2.48. The molecule has 9 nitrogen and oxygen atoms in total. The molecule has 1 aliphatic rings. The number of hydrogen-bond acceptors (Lipinski definition) is 9. The highest BCUT2D eigenvalue weighted by molar-refractivity contribution is 5.73. The zero-order valence-electron chi connectivity index (χ0n) is 23.6. The minimum atomic E-state index is -4.38. The number of rotatable bonds is 13. The summed E-state index contributed by atoms with van der Waals surface area (Å²) in [5, 5.41) is 10.5. The molecule has 38 heavy (non-hydrogen) atoms. The van der Waals surface area contributed by atoms with Crippen molar-refractivity contribution in [3.05, 3.63) is 0 Å². The normalized spacial score (nSPS) is 23.7. The molecule has 1 rings (SSSR count). The highest BCUT2D eigenvalue weighted by Crippen LogP contribution is 2.31. The minimum absolute atomic E-state index is 0.0582. The summed E-state index contributed by atoms with van der Waals surface area (Å²) >= 11 is 0. The number of aliphatic hydroxyl groups is 1.